The third-order valence-electron chi connectivity index (χ3n) is 4.43. The molecule has 0 fully saturated rings. The molecule has 0 spiro atoms. The van der Waals surface area contributed by atoms with Crippen molar-refractivity contribution in [1.82, 2.24) is 5.32 Å². The van der Waals surface area contributed by atoms with E-state index in [0.717, 1.165) is 16.3 Å². The van der Waals surface area contributed by atoms with Crippen molar-refractivity contribution in [2.75, 3.05) is 0 Å². The number of ketones is 2. The van der Waals surface area contributed by atoms with Gasteiger partial charge in [-0.2, -0.15) is 0 Å². The molecule has 0 amide bonds. The molecule has 3 aromatic rings. The second-order valence-corrected chi connectivity index (χ2v) is 6.82. The van der Waals surface area contributed by atoms with Crippen LogP contribution < -0.4 is 5.32 Å². The van der Waals surface area contributed by atoms with Crippen LogP contribution in [0.5, 0.6) is 0 Å². The van der Waals surface area contributed by atoms with Gasteiger partial charge in [-0.25, -0.2) is 0 Å². The predicted molar refractivity (Wildman–Crippen MR) is 104 cm³/mol. The zero-order valence-corrected chi connectivity index (χ0v) is 15.1. The summed E-state index contributed by atoms with van der Waals surface area (Å²) in [5, 5.41) is 5.27. The topological polar surface area (TPSA) is 46.2 Å². The van der Waals surface area contributed by atoms with E-state index in [2.05, 4.69) is 5.32 Å². The smallest absolute Gasteiger partial charge is 0.211 e. The highest BCUT2D eigenvalue weighted by Gasteiger charge is 2.31. The van der Waals surface area contributed by atoms with Crippen LogP contribution >= 0.6 is 23.2 Å². The zero-order valence-electron chi connectivity index (χ0n) is 13.6. The fraction of sp³-hybridized carbons (Fsp3) is 0.0476. The number of rotatable bonds is 3. The Balaban J connectivity index is 1.73. The molecule has 0 aliphatic heterocycles. The molecule has 0 atom stereocenters. The Bertz CT molecular complexity index is 1100. The molecule has 128 valence electrons. The normalized spacial score (nSPS) is 13.9. The summed E-state index contributed by atoms with van der Waals surface area (Å²) in [4.78, 5) is 25.6. The highest BCUT2D eigenvalue weighted by atomic mass is 35.5. The first-order valence-electron chi connectivity index (χ1n) is 8.05. The largest absolute Gasteiger partial charge is 0.376 e. The van der Waals surface area contributed by atoms with Crippen molar-refractivity contribution < 1.29 is 9.59 Å². The molecule has 0 saturated carbocycles. The van der Waals surface area contributed by atoms with Crippen molar-refractivity contribution in [2.24, 2.45) is 0 Å². The number of benzene rings is 3. The number of carbonyl (C=O) groups excluding carboxylic acids is 2. The molecule has 0 unspecified atom stereocenters. The summed E-state index contributed by atoms with van der Waals surface area (Å²) in [7, 11) is 0. The summed E-state index contributed by atoms with van der Waals surface area (Å²) >= 11 is 12.4. The van der Waals surface area contributed by atoms with E-state index in [-0.39, 0.29) is 22.3 Å². The Morgan fingerprint density at radius 2 is 1.35 bits per heavy atom. The van der Waals surface area contributed by atoms with E-state index in [1.165, 1.54) is 0 Å². The minimum absolute atomic E-state index is 0.0927. The lowest BCUT2D eigenvalue weighted by atomic mass is 9.89. The Morgan fingerprint density at radius 3 is 2.00 bits per heavy atom. The van der Waals surface area contributed by atoms with Crippen LogP contribution in [0.25, 0.3) is 10.8 Å². The lowest BCUT2D eigenvalue weighted by Gasteiger charge is -2.20. The number of allylic oxidation sites excluding steroid dienone is 2. The number of fused-ring (bicyclic) bond motifs is 2. The van der Waals surface area contributed by atoms with E-state index in [1.54, 1.807) is 18.2 Å². The lowest BCUT2D eigenvalue weighted by molar-refractivity contribution is 0.0974. The quantitative estimate of drug-likeness (QED) is 0.685. The van der Waals surface area contributed by atoms with Crippen LogP contribution in [0.2, 0.25) is 5.02 Å². The van der Waals surface area contributed by atoms with E-state index < -0.39 is 0 Å². The third kappa shape index (κ3) is 2.79. The van der Waals surface area contributed by atoms with Crippen LogP contribution in [-0.4, -0.2) is 11.6 Å². The van der Waals surface area contributed by atoms with Gasteiger partial charge in [0.05, 0.1) is 0 Å². The molecule has 4 rings (SSSR count). The maximum absolute atomic E-state index is 12.9. The van der Waals surface area contributed by atoms with Crippen molar-refractivity contribution in [2.45, 2.75) is 6.54 Å². The second-order valence-electron chi connectivity index (χ2n) is 6.04. The highest BCUT2D eigenvalue weighted by molar-refractivity contribution is 6.50. The molecular formula is C21H13Cl2NO2. The standard InChI is InChI=1S/C21H13Cl2NO2/c22-17-8-4-3-7-14(17)11-24-19-18(23)20(25)15-9-12-5-1-2-6-13(12)10-16(15)21(19)26/h1-10,24H,11H2. The Morgan fingerprint density at radius 1 is 0.769 bits per heavy atom. The average molecular weight is 382 g/mol. The fourth-order valence-electron chi connectivity index (χ4n) is 3.07. The van der Waals surface area contributed by atoms with Crippen LogP contribution in [0.3, 0.4) is 0 Å². The first-order chi connectivity index (χ1) is 12.6. The van der Waals surface area contributed by atoms with Gasteiger partial charge >= 0.3 is 0 Å². The third-order valence-corrected chi connectivity index (χ3v) is 5.16. The molecule has 0 radical (unpaired) electrons. The van der Waals surface area contributed by atoms with Gasteiger partial charge in [-0.05, 0) is 34.5 Å². The van der Waals surface area contributed by atoms with Crippen molar-refractivity contribution in [3.63, 3.8) is 0 Å². The Hall–Kier alpha value is -2.62. The lowest BCUT2D eigenvalue weighted by Crippen LogP contribution is -2.29. The first-order valence-corrected chi connectivity index (χ1v) is 8.81. The van der Waals surface area contributed by atoms with Gasteiger partial charge in [-0.1, -0.05) is 65.7 Å². The van der Waals surface area contributed by atoms with Gasteiger partial charge < -0.3 is 5.32 Å². The first kappa shape index (κ1) is 16.8. The van der Waals surface area contributed by atoms with E-state index in [0.29, 0.717) is 22.7 Å². The molecule has 26 heavy (non-hydrogen) atoms. The Kier molecular flexibility index (Phi) is 4.27. The van der Waals surface area contributed by atoms with Gasteiger partial charge in [0.15, 0.2) is 0 Å². The Labute approximate surface area is 160 Å². The summed E-state index contributed by atoms with van der Waals surface area (Å²) in [6.45, 7) is 0.299. The number of halogens is 2. The molecule has 0 heterocycles. The zero-order chi connectivity index (χ0) is 18.3. The maximum Gasteiger partial charge on any atom is 0.211 e. The molecule has 5 heteroatoms. The average Bonchev–Trinajstić information content (AvgIpc) is 2.66. The second kappa shape index (κ2) is 6.60. The summed E-state index contributed by atoms with van der Waals surface area (Å²) in [5.41, 5.74) is 1.62. The van der Waals surface area contributed by atoms with E-state index in [1.807, 2.05) is 42.5 Å². The van der Waals surface area contributed by atoms with Crippen molar-refractivity contribution in [3.8, 4) is 0 Å². The summed E-state index contributed by atoms with van der Waals surface area (Å²) in [6, 6.07) is 18.3. The van der Waals surface area contributed by atoms with Gasteiger partial charge in [-0.3, -0.25) is 9.59 Å². The summed E-state index contributed by atoms with van der Waals surface area (Å²) < 4.78 is 0. The monoisotopic (exact) mass is 381 g/mol. The number of hydrogen-bond donors (Lipinski definition) is 1. The van der Waals surface area contributed by atoms with Crippen LogP contribution in [-0.2, 0) is 6.54 Å². The molecule has 0 aromatic heterocycles. The molecule has 1 aliphatic rings. The van der Waals surface area contributed by atoms with Crippen LogP contribution in [0.15, 0.2) is 71.4 Å². The number of nitrogens with one attached hydrogen (secondary N) is 1. The molecule has 3 nitrogen and oxygen atoms in total. The van der Waals surface area contributed by atoms with Gasteiger partial charge in [-0.15, -0.1) is 0 Å². The van der Waals surface area contributed by atoms with Gasteiger partial charge in [0.2, 0.25) is 11.6 Å². The van der Waals surface area contributed by atoms with Gasteiger partial charge in [0, 0.05) is 22.7 Å². The molecule has 3 aromatic carbocycles. The SMILES string of the molecule is O=C1C(Cl)=C(NCc2ccccc2Cl)C(=O)c2cc3ccccc3cc21. The molecule has 0 saturated heterocycles. The van der Waals surface area contributed by atoms with Crippen molar-refractivity contribution in [3.05, 3.63) is 93.1 Å². The maximum atomic E-state index is 12.9. The van der Waals surface area contributed by atoms with Crippen molar-refractivity contribution >= 4 is 45.5 Å². The fourth-order valence-corrected chi connectivity index (χ4v) is 3.52. The minimum atomic E-state index is -0.353. The van der Waals surface area contributed by atoms with E-state index in [4.69, 9.17) is 23.2 Å². The summed E-state index contributed by atoms with van der Waals surface area (Å²) in [6.07, 6.45) is 0. The van der Waals surface area contributed by atoms with Gasteiger partial charge in [0.1, 0.15) is 10.7 Å². The molecule has 1 N–H and O–H groups in total. The van der Waals surface area contributed by atoms with E-state index >= 15 is 0 Å². The number of carbonyl (C=O) groups is 2. The number of Topliss-reactive ketones (excluding diaryl/α,β-unsaturated/α-hetero) is 2. The molecule has 0 bridgehead atoms. The molecular weight excluding hydrogens is 369 g/mol. The van der Waals surface area contributed by atoms with Crippen LogP contribution in [0.4, 0.5) is 0 Å². The highest BCUT2D eigenvalue weighted by Crippen LogP contribution is 2.31. The summed E-state index contributed by atoms with van der Waals surface area (Å²) in [5.74, 6) is -0.643. The van der Waals surface area contributed by atoms with Crippen LogP contribution in [0.1, 0.15) is 26.3 Å². The number of hydrogen-bond acceptors (Lipinski definition) is 3. The molecule has 1 aliphatic carbocycles. The van der Waals surface area contributed by atoms with Crippen LogP contribution in [0, 0.1) is 0 Å². The predicted octanol–water partition coefficient (Wildman–Crippen LogP) is 5.11. The van der Waals surface area contributed by atoms with Crippen molar-refractivity contribution in [1.29, 1.82) is 0 Å². The minimum Gasteiger partial charge on any atom is -0.376 e. The van der Waals surface area contributed by atoms with Gasteiger partial charge in [0.25, 0.3) is 0 Å². The van der Waals surface area contributed by atoms with E-state index in [9.17, 15) is 9.59 Å².